The van der Waals surface area contributed by atoms with Crippen LogP contribution in [-0.2, 0) is 6.42 Å². The van der Waals surface area contributed by atoms with Crippen LogP contribution in [0.4, 0.5) is 0 Å². The van der Waals surface area contributed by atoms with Crippen molar-refractivity contribution in [3.63, 3.8) is 0 Å². The third kappa shape index (κ3) is 4.62. The lowest BCUT2D eigenvalue weighted by molar-refractivity contribution is 0.242. The van der Waals surface area contributed by atoms with Crippen molar-refractivity contribution >= 4 is 11.3 Å². The van der Waals surface area contributed by atoms with E-state index in [9.17, 15) is 0 Å². The second-order valence-corrected chi connectivity index (χ2v) is 5.86. The molecule has 3 nitrogen and oxygen atoms in total. The summed E-state index contributed by atoms with van der Waals surface area (Å²) in [6.07, 6.45) is 1.19. The highest BCUT2D eigenvalue weighted by molar-refractivity contribution is 7.07. The van der Waals surface area contributed by atoms with Gasteiger partial charge < -0.3 is 10.1 Å². The van der Waals surface area contributed by atoms with Crippen LogP contribution in [0.1, 0.15) is 38.1 Å². The summed E-state index contributed by atoms with van der Waals surface area (Å²) in [5.74, 6) is 0.929. The highest BCUT2D eigenvalue weighted by Gasteiger charge is 2.05. The van der Waals surface area contributed by atoms with E-state index in [1.807, 2.05) is 31.5 Å². The Bertz CT molecular complexity index is 494. The second-order valence-electron chi connectivity index (χ2n) is 5.14. The van der Waals surface area contributed by atoms with Crippen LogP contribution in [0.5, 0.6) is 5.75 Å². The van der Waals surface area contributed by atoms with Gasteiger partial charge in [-0.3, -0.25) is 0 Å². The van der Waals surface area contributed by atoms with Crippen LogP contribution in [0.25, 0.3) is 0 Å². The molecule has 0 aliphatic heterocycles. The highest BCUT2D eigenvalue weighted by atomic mass is 32.1. The topological polar surface area (TPSA) is 34.1 Å². The minimum atomic E-state index is 0.217. The van der Waals surface area contributed by atoms with Gasteiger partial charge in [0.2, 0.25) is 0 Å². The Morgan fingerprint density at radius 2 is 1.95 bits per heavy atom. The summed E-state index contributed by atoms with van der Waals surface area (Å²) in [6, 6.07) is 8.65. The molecule has 1 unspecified atom stereocenters. The number of rotatable bonds is 7. The predicted octanol–water partition coefficient (Wildman–Crippen LogP) is 3.82. The first-order valence-electron chi connectivity index (χ1n) is 7.02. The smallest absolute Gasteiger partial charge is 0.119 e. The van der Waals surface area contributed by atoms with Gasteiger partial charge in [-0.1, -0.05) is 12.1 Å². The molecule has 0 amide bonds. The maximum Gasteiger partial charge on any atom is 0.119 e. The fourth-order valence-corrected chi connectivity index (χ4v) is 2.60. The molecule has 0 radical (unpaired) electrons. The van der Waals surface area contributed by atoms with Gasteiger partial charge in [0.15, 0.2) is 0 Å². The van der Waals surface area contributed by atoms with Crippen molar-refractivity contribution in [2.75, 3.05) is 6.54 Å². The summed E-state index contributed by atoms with van der Waals surface area (Å²) in [4.78, 5) is 4.29. The van der Waals surface area contributed by atoms with E-state index in [1.54, 1.807) is 11.3 Å². The number of nitrogens with one attached hydrogen (secondary N) is 1. The van der Waals surface area contributed by atoms with Gasteiger partial charge in [-0.15, -0.1) is 11.3 Å². The molecular weight excluding hydrogens is 268 g/mol. The molecule has 108 valence electrons. The molecular formula is C16H22N2OS. The average Bonchev–Trinajstić information content (AvgIpc) is 2.92. The van der Waals surface area contributed by atoms with Crippen LogP contribution in [-0.4, -0.2) is 17.6 Å². The third-order valence-corrected chi connectivity index (χ3v) is 3.70. The van der Waals surface area contributed by atoms with Gasteiger partial charge in [0.05, 0.1) is 17.3 Å². The number of hydrogen-bond acceptors (Lipinski definition) is 4. The van der Waals surface area contributed by atoms with Crippen molar-refractivity contribution < 1.29 is 4.74 Å². The van der Waals surface area contributed by atoms with Crippen molar-refractivity contribution in [1.82, 2.24) is 10.3 Å². The molecule has 2 aromatic rings. The van der Waals surface area contributed by atoms with E-state index >= 15 is 0 Å². The Balaban J connectivity index is 1.81. The van der Waals surface area contributed by atoms with Crippen LogP contribution < -0.4 is 10.1 Å². The van der Waals surface area contributed by atoms with E-state index in [1.165, 1.54) is 5.56 Å². The van der Waals surface area contributed by atoms with Gasteiger partial charge in [0.1, 0.15) is 5.75 Å². The number of benzene rings is 1. The van der Waals surface area contributed by atoms with Gasteiger partial charge in [0, 0.05) is 24.4 Å². The Morgan fingerprint density at radius 3 is 2.55 bits per heavy atom. The summed E-state index contributed by atoms with van der Waals surface area (Å²) in [5.41, 5.74) is 4.32. The predicted molar refractivity (Wildman–Crippen MR) is 84.4 cm³/mol. The van der Waals surface area contributed by atoms with Crippen molar-refractivity contribution in [1.29, 1.82) is 0 Å². The molecule has 20 heavy (non-hydrogen) atoms. The molecule has 1 aromatic heterocycles. The molecule has 0 spiro atoms. The number of nitrogens with zero attached hydrogens (tertiary/aromatic N) is 1. The largest absolute Gasteiger partial charge is 0.491 e. The summed E-state index contributed by atoms with van der Waals surface area (Å²) in [5, 5.41) is 5.62. The van der Waals surface area contributed by atoms with Crippen molar-refractivity contribution in [3.05, 3.63) is 46.4 Å². The molecule has 0 saturated heterocycles. The van der Waals surface area contributed by atoms with E-state index in [0.717, 1.165) is 24.4 Å². The van der Waals surface area contributed by atoms with Crippen molar-refractivity contribution in [2.45, 2.75) is 39.3 Å². The Labute approximate surface area is 125 Å². The fraction of sp³-hybridized carbons (Fsp3) is 0.438. The van der Waals surface area contributed by atoms with Gasteiger partial charge in [-0.2, -0.15) is 0 Å². The van der Waals surface area contributed by atoms with E-state index in [0.29, 0.717) is 6.04 Å². The second kappa shape index (κ2) is 7.41. The molecule has 0 saturated carbocycles. The maximum atomic E-state index is 5.65. The minimum absolute atomic E-state index is 0.217. The fourth-order valence-electron chi connectivity index (χ4n) is 2.00. The molecule has 1 atom stereocenters. The molecule has 0 aliphatic rings. The highest BCUT2D eigenvalue weighted by Crippen LogP contribution is 2.18. The van der Waals surface area contributed by atoms with Crippen LogP contribution in [0, 0.1) is 0 Å². The zero-order valence-electron chi connectivity index (χ0n) is 12.3. The quantitative estimate of drug-likeness (QED) is 0.841. The number of hydrogen-bond donors (Lipinski definition) is 1. The zero-order valence-corrected chi connectivity index (χ0v) is 13.1. The van der Waals surface area contributed by atoms with Gasteiger partial charge in [-0.05, 0) is 38.5 Å². The third-order valence-electron chi connectivity index (χ3n) is 3.07. The van der Waals surface area contributed by atoms with Crippen LogP contribution in [0.2, 0.25) is 0 Å². The first kappa shape index (κ1) is 15.0. The van der Waals surface area contributed by atoms with E-state index in [2.05, 4.69) is 34.7 Å². The average molecular weight is 290 g/mol. The number of aromatic nitrogens is 1. The molecule has 1 N–H and O–H groups in total. The van der Waals surface area contributed by atoms with Crippen LogP contribution in [0.15, 0.2) is 35.2 Å². The molecule has 0 bridgehead atoms. The SMILES string of the molecule is CC(C)Oc1ccc(C(C)NCCc2cscn2)cc1. The monoisotopic (exact) mass is 290 g/mol. The molecule has 1 heterocycles. The van der Waals surface area contributed by atoms with Crippen molar-refractivity contribution in [3.8, 4) is 5.75 Å². The molecule has 4 heteroatoms. The normalized spacial score (nSPS) is 12.6. The van der Waals surface area contributed by atoms with E-state index in [4.69, 9.17) is 4.74 Å². The first-order valence-corrected chi connectivity index (χ1v) is 7.96. The Kier molecular flexibility index (Phi) is 5.56. The van der Waals surface area contributed by atoms with Crippen LogP contribution in [0.3, 0.4) is 0 Å². The summed E-state index contributed by atoms with van der Waals surface area (Å²) in [6.45, 7) is 7.20. The van der Waals surface area contributed by atoms with Crippen LogP contribution >= 0.6 is 11.3 Å². The first-order chi connectivity index (χ1) is 9.65. The standard InChI is InChI=1S/C16H22N2OS/c1-12(2)19-16-6-4-14(5-7-16)13(3)17-9-8-15-10-20-11-18-15/h4-7,10-13,17H,8-9H2,1-3H3. The number of ether oxygens (including phenoxy) is 1. The molecule has 1 aromatic carbocycles. The van der Waals surface area contributed by atoms with Crippen molar-refractivity contribution in [2.24, 2.45) is 0 Å². The van der Waals surface area contributed by atoms with Gasteiger partial charge in [0.25, 0.3) is 0 Å². The van der Waals surface area contributed by atoms with Gasteiger partial charge in [-0.25, -0.2) is 4.98 Å². The molecule has 2 rings (SSSR count). The van der Waals surface area contributed by atoms with E-state index in [-0.39, 0.29) is 6.10 Å². The Morgan fingerprint density at radius 1 is 1.20 bits per heavy atom. The van der Waals surface area contributed by atoms with Gasteiger partial charge >= 0.3 is 0 Å². The maximum absolute atomic E-state index is 5.65. The summed E-state index contributed by atoms with van der Waals surface area (Å²) < 4.78 is 5.65. The lowest BCUT2D eigenvalue weighted by atomic mass is 10.1. The molecule has 0 fully saturated rings. The summed E-state index contributed by atoms with van der Waals surface area (Å²) in [7, 11) is 0. The Hall–Kier alpha value is -1.39. The zero-order chi connectivity index (χ0) is 14.4. The minimum Gasteiger partial charge on any atom is -0.491 e. The lowest BCUT2D eigenvalue weighted by Gasteiger charge is -2.15. The summed E-state index contributed by atoms with van der Waals surface area (Å²) >= 11 is 1.65. The number of thiazole rings is 1. The molecule has 0 aliphatic carbocycles. The van der Waals surface area contributed by atoms with E-state index < -0.39 is 0 Å². The lowest BCUT2D eigenvalue weighted by Crippen LogP contribution is -2.21.